The lowest BCUT2D eigenvalue weighted by atomic mass is 10.1. The van der Waals surface area contributed by atoms with E-state index < -0.39 is 18.0 Å². The Morgan fingerprint density at radius 2 is 1.69 bits per heavy atom. The van der Waals surface area contributed by atoms with E-state index in [1.807, 2.05) is 0 Å². The van der Waals surface area contributed by atoms with Gasteiger partial charge in [-0.25, -0.2) is 4.79 Å². The van der Waals surface area contributed by atoms with Gasteiger partial charge in [0, 0.05) is 17.3 Å². The number of rotatable bonds is 6. The van der Waals surface area contributed by atoms with E-state index in [1.54, 1.807) is 39.0 Å². The van der Waals surface area contributed by atoms with Gasteiger partial charge in [-0.05, 0) is 39.8 Å². The number of esters is 1. The first-order valence-electron chi connectivity index (χ1n) is 8.09. The average Bonchev–Trinajstić information content (AvgIpc) is 2.86. The minimum atomic E-state index is -0.982. The van der Waals surface area contributed by atoms with Gasteiger partial charge in [0.15, 0.2) is 17.6 Å². The summed E-state index contributed by atoms with van der Waals surface area (Å²) in [7, 11) is 3.03. The lowest BCUT2D eigenvalue weighted by Gasteiger charge is -2.15. The third-order valence-electron chi connectivity index (χ3n) is 4.07. The van der Waals surface area contributed by atoms with E-state index in [2.05, 4.69) is 5.32 Å². The van der Waals surface area contributed by atoms with Crippen molar-refractivity contribution < 1.29 is 28.2 Å². The molecule has 1 heterocycles. The number of anilines is 1. The quantitative estimate of drug-likeness (QED) is 0.794. The molecule has 0 saturated carbocycles. The summed E-state index contributed by atoms with van der Waals surface area (Å²) >= 11 is 0. The Bertz CT molecular complexity index is 824. The van der Waals surface area contributed by atoms with Crippen LogP contribution in [0.4, 0.5) is 5.69 Å². The van der Waals surface area contributed by atoms with Crippen LogP contribution in [0.1, 0.15) is 34.4 Å². The molecular weight excluding hydrogens is 338 g/mol. The zero-order valence-corrected chi connectivity index (χ0v) is 15.8. The van der Waals surface area contributed by atoms with E-state index in [0.717, 1.165) is 0 Å². The van der Waals surface area contributed by atoms with Crippen molar-refractivity contribution in [2.24, 2.45) is 0 Å². The maximum absolute atomic E-state index is 12.4. The Kier molecular flexibility index (Phi) is 5.92. The molecule has 0 saturated heterocycles. The highest BCUT2D eigenvalue weighted by Gasteiger charge is 2.24. The SMILES string of the molecule is COc1ccc(NC(=O)C(C)OC(=O)c2c(C)oc(C)c2C)cc1OC. The Hall–Kier alpha value is -2.96. The molecule has 1 unspecified atom stereocenters. The number of hydrogen-bond acceptors (Lipinski definition) is 6. The minimum Gasteiger partial charge on any atom is -0.493 e. The molecule has 7 heteroatoms. The Labute approximate surface area is 152 Å². The number of methoxy groups -OCH3 is 2. The largest absolute Gasteiger partial charge is 0.493 e. The predicted octanol–water partition coefficient (Wildman–Crippen LogP) is 3.41. The van der Waals surface area contributed by atoms with Crippen molar-refractivity contribution in [1.29, 1.82) is 0 Å². The summed E-state index contributed by atoms with van der Waals surface area (Å²) < 4.78 is 21.1. The van der Waals surface area contributed by atoms with Gasteiger partial charge in [0.1, 0.15) is 17.1 Å². The molecular formula is C19H23NO6. The first kappa shape index (κ1) is 19.4. The van der Waals surface area contributed by atoms with Gasteiger partial charge in [-0.2, -0.15) is 0 Å². The maximum Gasteiger partial charge on any atom is 0.342 e. The van der Waals surface area contributed by atoms with Crippen LogP contribution in [0, 0.1) is 20.8 Å². The predicted molar refractivity (Wildman–Crippen MR) is 96.0 cm³/mol. The van der Waals surface area contributed by atoms with Crippen molar-refractivity contribution in [3.63, 3.8) is 0 Å². The summed E-state index contributed by atoms with van der Waals surface area (Å²) in [4.78, 5) is 24.7. The van der Waals surface area contributed by atoms with Crippen LogP contribution in [0.15, 0.2) is 22.6 Å². The second-order valence-corrected chi connectivity index (χ2v) is 5.82. The molecule has 0 aliphatic carbocycles. The molecule has 1 N–H and O–H groups in total. The number of benzene rings is 1. The van der Waals surface area contributed by atoms with E-state index in [0.29, 0.717) is 39.8 Å². The van der Waals surface area contributed by atoms with Gasteiger partial charge in [-0.15, -0.1) is 0 Å². The topological polar surface area (TPSA) is 87.0 Å². The van der Waals surface area contributed by atoms with Crippen LogP contribution in [-0.4, -0.2) is 32.2 Å². The highest BCUT2D eigenvalue weighted by molar-refractivity contribution is 5.98. The number of amides is 1. The van der Waals surface area contributed by atoms with E-state index in [4.69, 9.17) is 18.6 Å². The van der Waals surface area contributed by atoms with Gasteiger partial charge in [-0.1, -0.05) is 0 Å². The zero-order chi connectivity index (χ0) is 19.4. The van der Waals surface area contributed by atoms with E-state index >= 15 is 0 Å². The van der Waals surface area contributed by atoms with Gasteiger partial charge >= 0.3 is 5.97 Å². The molecule has 1 aromatic carbocycles. The lowest BCUT2D eigenvalue weighted by molar-refractivity contribution is -0.123. The van der Waals surface area contributed by atoms with E-state index in [-0.39, 0.29) is 0 Å². The zero-order valence-electron chi connectivity index (χ0n) is 15.8. The van der Waals surface area contributed by atoms with Gasteiger partial charge < -0.3 is 23.9 Å². The summed E-state index contributed by atoms with van der Waals surface area (Å²) in [6.07, 6.45) is -0.982. The number of nitrogens with one attached hydrogen (secondary N) is 1. The minimum absolute atomic E-state index is 0.355. The molecule has 0 aliphatic rings. The second kappa shape index (κ2) is 7.95. The normalized spacial score (nSPS) is 11.6. The smallest absolute Gasteiger partial charge is 0.342 e. The molecule has 2 rings (SSSR count). The van der Waals surface area contributed by atoms with Crippen molar-refractivity contribution in [3.8, 4) is 11.5 Å². The number of carbonyl (C=O) groups is 2. The fourth-order valence-corrected chi connectivity index (χ4v) is 2.52. The van der Waals surface area contributed by atoms with Crippen LogP contribution in [0.2, 0.25) is 0 Å². The molecule has 0 aliphatic heterocycles. The fourth-order valence-electron chi connectivity index (χ4n) is 2.52. The molecule has 7 nitrogen and oxygen atoms in total. The van der Waals surface area contributed by atoms with Crippen LogP contribution in [0.25, 0.3) is 0 Å². The fraction of sp³-hybridized carbons (Fsp3) is 0.368. The third kappa shape index (κ3) is 3.99. The summed E-state index contributed by atoms with van der Waals surface area (Å²) in [5.41, 5.74) is 1.57. The maximum atomic E-state index is 12.4. The highest BCUT2D eigenvalue weighted by Crippen LogP contribution is 2.30. The number of ether oxygens (including phenoxy) is 3. The second-order valence-electron chi connectivity index (χ2n) is 5.82. The molecule has 1 atom stereocenters. The molecule has 26 heavy (non-hydrogen) atoms. The average molecular weight is 361 g/mol. The summed E-state index contributed by atoms with van der Waals surface area (Å²) in [6, 6.07) is 4.96. The van der Waals surface area contributed by atoms with Crippen LogP contribution < -0.4 is 14.8 Å². The van der Waals surface area contributed by atoms with Crippen molar-refractivity contribution in [2.45, 2.75) is 33.8 Å². The van der Waals surface area contributed by atoms with Crippen LogP contribution in [0.5, 0.6) is 11.5 Å². The standard InChI is InChI=1S/C19H23NO6/c1-10-11(2)25-12(3)17(10)19(22)26-13(4)18(21)20-14-7-8-15(23-5)16(9-14)24-6/h7-9,13H,1-6H3,(H,20,21). The Morgan fingerprint density at radius 3 is 2.23 bits per heavy atom. The molecule has 0 bridgehead atoms. The number of furan rings is 1. The van der Waals surface area contributed by atoms with Gasteiger partial charge in [0.2, 0.25) is 0 Å². The van der Waals surface area contributed by atoms with Crippen molar-refractivity contribution >= 4 is 17.6 Å². The molecule has 1 aromatic heterocycles. The Morgan fingerprint density at radius 1 is 1.04 bits per heavy atom. The summed E-state index contributed by atoms with van der Waals surface area (Å²) in [5, 5.41) is 2.68. The van der Waals surface area contributed by atoms with Crippen molar-refractivity contribution in [3.05, 3.63) is 40.8 Å². The first-order chi connectivity index (χ1) is 12.3. The number of aryl methyl sites for hydroxylation is 2. The summed E-state index contributed by atoms with van der Waals surface area (Å²) in [6.45, 7) is 6.74. The molecule has 0 radical (unpaired) electrons. The lowest BCUT2D eigenvalue weighted by Crippen LogP contribution is -2.30. The van der Waals surface area contributed by atoms with Crippen LogP contribution >= 0.6 is 0 Å². The summed E-state index contributed by atoms with van der Waals surface area (Å²) in [5.74, 6) is 1.10. The van der Waals surface area contributed by atoms with Gasteiger partial charge in [0.25, 0.3) is 5.91 Å². The van der Waals surface area contributed by atoms with E-state index in [9.17, 15) is 9.59 Å². The van der Waals surface area contributed by atoms with Gasteiger partial charge in [0.05, 0.1) is 14.2 Å². The number of carbonyl (C=O) groups excluding carboxylic acids is 2. The Balaban J connectivity index is 2.07. The van der Waals surface area contributed by atoms with Crippen LogP contribution in [-0.2, 0) is 9.53 Å². The molecule has 1 amide bonds. The first-order valence-corrected chi connectivity index (χ1v) is 8.09. The molecule has 140 valence electrons. The number of hydrogen-bond donors (Lipinski definition) is 1. The van der Waals surface area contributed by atoms with Gasteiger partial charge in [-0.3, -0.25) is 4.79 Å². The van der Waals surface area contributed by atoms with Crippen LogP contribution in [0.3, 0.4) is 0 Å². The third-order valence-corrected chi connectivity index (χ3v) is 4.07. The molecule has 2 aromatic rings. The van der Waals surface area contributed by atoms with Crippen molar-refractivity contribution in [1.82, 2.24) is 0 Å². The molecule has 0 spiro atoms. The molecule has 0 fully saturated rings. The highest BCUT2D eigenvalue weighted by atomic mass is 16.5. The van der Waals surface area contributed by atoms with E-state index in [1.165, 1.54) is 21.1 Å². The monoisotopic (exact) mass is 361 g/mol. The van der Waals surface area contributed by atoms with Crippen molar-refractivity contribution in [2.75, 3.05) is 19.5 Å².